The van der Waals surface area contributed by atoms with Crippen molar-refractivity contribution >= 4 is 0 Å². The first-order chi connectivity index (χ1) is 7.58. The third kappa shape index (κ3) is 1.86. The van der Waals surface area contributed by atoms with E-state index in [2.05, 4.69) is 9.97 Å². The number of nitrogens with zero attached hydrogens (tertiary/aromatic N) is 1. The Kier molecular flexibility index (Phi) is 2.56. The number of hydrogen-bond acceptors (Lipinski definition) is 2. The van der Waals surface area contributed by atoms with Crippen LogP contribution in [0.4, 0.5) is 4.39 Å². The molecule has 3 nitrogen and oxygen atoms in total. The number of halogens is 1. The standard InChI is InChI=1S/C12H11FN2O/c1-7-3-5-9(6-4-7)11-14-8(2)10(13)12(16)15-11/h3-6H,1-2H3,(H,14,15,16). The number of aromatic nitrogens is 2. The molecule has 1 heterocycles. The summed E-state index contributed by atoms with van der Waals surface area (Å²) in [6.07, 6.45) is 0. The fourth-order valence-electron chi connectivity index (χ4n) is 1.42. The van der Waals surface area contributed by atoms with Crippen LogP contribution in [-0.4, -0.2) is 9.97 Å². The lowest BCUT2D eigenvalue weighted by Gasteiger charge is -2.03. The number of rotatable bonds is 1. The van der Waals surface area contributed by atoms with Crippen LogP contribution in [0.15, 0.2) is 29.1 Å². The summed E-state index contributed by atoms with van der Waals surface area (Å²) in [4.78, 5) is 17.6. The molecule has 16 heavy (non-hydrogen) atoms. The third-order valence-corrected chi connectivity index (χ3v) is 2.35. The molecule has 0 saturated heterocycles. The van der Waals surface area contributed by atoms with Gasteiger partial charge in [-0.05, 0) is 13.8 Å². The molecule has 0 saturated carbocycles. The Morgan fingerprint density at radius 2 is 1.81 bits per heavy atom. The Balaban J connectivity index is 2.57. The molecule has 0 bridgehead atoms. The zero-order chi connectivity index (χ0) is 11.7. The summed E-state index contributed by atoms with van der Waals surface area (Å²) in [6, 6.07) is 7.50. The first kappa shape index (κ1) is 10.5. The van der Waals surface area contributed by atoms with Crippen molar-refractivity contribution < 1.29 is 4.39 Å². The second-order valence-electron chi connectivity index (χ2n) is 3.68. The average molecular weight is 218 g/mol. The summed E-state index contributed by atoms with van der Waals surface area (Å²) >= 11 is 0. The molecule has 0 aliphatic carbocycles. The van der Waals surface area contributed by atoms with Gasteiger partial charge in [0.15, 0.2) is 0 Å². The molecule has 82 valence electrons. The second kappa shape index (κ2) is 3.89. The summed E-state index contributed by atoms with van der Waals surface area (Å²) in [5.74, 6) is -0.431. The second-order valence-corrected chi connectivity index (χ2v) is 3.68. The van der Waals surface area contributed by atoms with E-state index >= 15 is 0 Å². The van der Waals surface area contributed by atoms with Crippen molar-refractivity contribution in [3.63, 3.8) is 0 Å². The number of H-pyrrole nitrogens is 1. The highest BCUT2D eigenvalue weighted by molar-refractivity contribution is 5.55. The molecule has 0 amide bonds. The van der Waals surface area contributed by atoms with E-state index in [1.807, 2.05) is 31.2 Å². The first-order valence-electron chi connectivity index (χ1n) is 4.91. The molecule has 1 aromatic carbocycles. The smallest absolute Gasteiger partial charge is 0.287 e. The lowest BCUT2D eigenvalue weighted by molar-refractivity contribution is 0.589. The maximum absolute atomic E-state index is 13.1. The van der Waals surface area contributed by atoms with Crippen LogP contribution in [-0.2, 0) is 0 Å². The maximum Gasteiger partial charge on any atom is 0.287 e. The number of hydrogen-bond donors (Lipinski definition) is 1. The van der Waals surface area contributed by atoms with Crippen LogP contribution in [0.2, 0.25) is 0 Å². The van der Waals surface area contributed by atoms with Gasteiger partial charge in [-0.1, -0.05) is 29.8 Å². The largest absolute Gasteiger partial charge is 0.304 e. The van der Waals surface area contributed by atoms with Gasteiger partial charge < -0.3 is 4.98 Å². The van der Waals surface area contributed by atoms with Crippen LogP contribution in [0.5, 0.6) is 0 Å². The quantitative estimate of drug-likeness (QED) is 0.797. The minimum Gasteiger partial charge on any atom is -0.304 e. The SMILES string of the molecule is Cc1ccc(-c2nc(C)c(F)c(=O)[nH]2)cc1. The molecule has 0 spiro atoms. The minimum absolute atomic E-state index is 0.110. The van der Waals surface area contributed by atoms with Crippen LogP contribution in [0.25, 0.3) is 11.4 Å². The Morgan fingerprint density at radius 3 is 2.38 bits per heavy atom. The van der Waals surface area contributed by atoms with Gasteiger partial charge in [0.2, 0.25) is 5.82 Å². The molecule has 0 fully saturated rings. The molecule has 1 N–H and O–H groups in total. The lowest BCUT2D eigenvalue weighted by atomic mass is 10.1. The van der Waals surface area contributed by atoms with Gasteiger partial charge in [-0.2, -0.15) is 4.39 Å². The summed E-state index contributed by atoms with van der Waals surface area (Å²) in [5.41, 5.74) is 1.26. The fraction of sp³-hybridized carbons (Fsp3) is 0.167. The molecule has 1 aromatic heterocycles. The van der Waals surface area contributed by atoms with Gasteiger partial charge in [0.05, 0.1) is 5.69 Å². The molecule has 0 aliphatic heterocycles. The maximum atomic E-state index is 13.1. The predicted molar refractivity (Wildman–Crippen MR) is 59.7 cm³/mol. The van der Waals surface area contributed by atoms with E-state index in [1.54, 1.807) is 0 Å². The summed E-state index contributed by atoms with van der Waals surface area (Å²) < 4.78 is 13.1. The zero-order valence-corrected chi connectivity index (χ0v) is 9.04. The number of aryl methyl sites for hydroxylation is 2. The van der Waals surface area contributed by atoms with E-state index in [4.69, 9.17) is 0 Å². The van der Waals surface area contributed by atoms with E-state index < -0.39 is 11.4 Å². The molecule has 0 atom stereocenters. The Labute approximate surface area is 92.0 Å². The van der Waals surface area contributed by atoms with Crippen LogP contribution >= 0.6 is 0 Å². The molecule has 2 rings (SSSR count). The average Bonchev–Trinajstić information content (AvgIpc) is 2.26. The Hall–Kier alpha value is -1.97. The summed E-state index contributed by atoms with van der Waals surface area (Å²) in [5, 5.41) is 0. The van der Waals surface area contributed by atoms with E-state index in [1.165, 1.54) is 6.92 Å². The lowest BCUT2D eigenvalue weighted by Crippen LogP contribution is -2.15. The van der Waals surface area contributed by atoms with Crippen molar-refractivity contribution in [2.24, 2.45) is 0 Å². The van der Waals surface area contributed by atoms with Crippen molar-refractivity contribution in [2.75, 3.05) is 0 Å². The van der Waals surface area contributed by atoms with Gasteiger partial charge in [-0.25, -0.2) is 4.98 Å². The van der Waals surface area contributed by atoms with Gasteiger partial charge in [-0.3, -0.25) is 4.79 Å². The number of benzene rings is 1. The summed E-state index contributed by atoms with van der Waals surface area (Å²) in [6.45, 7) is 3.44. The van der Waals surface area contributed by atoms with E-state index in [9.17, 15) is 9.18 Å². The van der Waals surface area contributed by atoms with E-state index in [0.717, 1.165) is 11.1 Å². The van der Waals surface area contributed by atoms with Crippen LogP contribution in [0, 0.1) is 19.7 Å². The Morgan fingerprint density at radius 1 is 1.19 bits per heavy atom. The van der Waals surface area contributed by atoms with Crippen molar-refractivity contribution in [1.29, 1.82) is 0 Å². The van der Waals surface area contributed by atoms with Gasteiger partial charge in [0, 0.05) is 5.56 Å². The van der Waals surface area contributed by atoms with Gasteiger partial charge in [-0.15, -0.1) is 0 Å². The van der Waals surface area contributed by atoms with Crippen molar-refractivity contribution in [3.8, 4) is 11.4 Å². The number of aromatic amines is 1. The monoisotopic (exact) mass is 218 g/mol. The van der Waals surface area contributed by atoms with Crippen LogP contribution in [0.1, 0.15) is 11.3 Å². The fourth-order valence-corrected chi connectivity index (χ4v) is 1.42. The molecular formula is C12H11FN2O. The normalized spacial score (nSPS) is 10.4. The highest BCUT2D eigenvalue weighted by atomic mass is 19.1. The van der Waals surface area contributed by atoms with Gasteiger partial charge in [0.1, 0.15) is 5.82 Å². The van der Waals surface area contributed by atoms with Crippen molar-refractivity contribution in [3.05, 3.63) is 51.7 Å². The van der Waals surface area contributed by atoms with Crippen LogP contribution < -0.4 is 5.56 Å². The zero-order valence-electron chi connectivity index (χ0n) is 9.04. The van der Waals surface area contributed by atoms with Crippen LogP contribution in [0.3, 0.4) is 0 Å². The van der Waals surface area contributed by atoms with Crippen molar-refractivity contribution in [2.45, 2.75) is 13.8 Å². The highest BCUT2D eigenvalue weighted by Gasteiger charge is 2.07. The van der Waals surface area contributed by atoms with Crippen molar-refractivity contribution in [1.82, 2.24) is 9.97 Å². The van der Waals surface area contributed by atoms with Gasteiger partial charge in [0.25, 0.3) is 5.56 Å². The summed E-state index contributed by atoms with van der Waals surface area (Å²) in [7, 11) is 0. The molecule has 2 aromatic rings. The Bertz CT molecular complexity index is 573. The van der Waals surface area contributed by atoms with E-state index in [0.29, 0.717) is 5.82 Å². The first-order valence-corrected chi connectivity index (χ1v) is 4.91. The van der Waals surface area contributed by atoms with Gasteiger partial charge >= 0.3 is 0 Å². The van der Waals surface area contributed by atoms with E-state index in [-0.39, 0.29) is 5.69 Å². The molecule has 0 unspecified atom stereocenters. The molecular weight excluding hydrogens is 207 g/mol. The third-order valence-electron chi connectivity index (χ3n) is 2.35. The topological polar surface area (TPSA) is 45.8 Å². The minimum atomic E-state index is -0.823. The predicted octanol–water partition coefficient (Wildman–Crippen LogP) is 2.19. The highest BCUT2D eigenvalue weighted by Crippen LogP contribution is 2.14. The number of nitrogens with one attached hydrogen (secondary N) is 1. The molecule has 4 heteroatoms. The molecule has 0 radical (unpaired) electrons. The molecule has 0 aliphatic rings.